The summed E-state index contributed by atoms with van der Waals surface area (Å²) >= 11 is 0. The summed E-state index contributed by atoms with van der Waals surface area (Å²) in [5.74, 6) is -0.908. The van der Waals surface area contributed by atoms with Crippen molar-refractivity contribution in [2.75, 3.05) is 13.1 Å². The quantitative estimate of drug-likeness (QED) is 0.657. The van der Waals surface area contributed by atoms with E-state index in [1.54, 1.807) is 4.90 Å². The third kappa shape index (κ3) is 3.46. The van der Waals surface area contributed by atoms with E-state index in [4.69, 9.17) is 0 Å². The van der Waals surface area contributed by atoms with Gasteiger partial charge in [-0.25, -0.2) is 4.39 Å². The van der Waals surface area contributed by atoms with Crippen molar-refractivity contribution in [1.29, 1.82) is 0 Å². The third-order valence-corrected chi connectivity index (χ3v) is 5.60. The van der Waals surface area contributed by atoms with Crippen LogP contribution in [0.5, 0.6) is 0 Å². The Balaban J connectivity index is 1.49. The molecule has 1 unspecified atom stereocenters. The largest absolute Gasteiger partial charge is 0.322 e. The number of carbonyl (C=O) groups is 3. The zero-order valence-corrected chi connectivity index (χ0v) is 15.0. The molecule has 2 fully saturated rings. The van der Waals surface area contributed by atoms with Crippen LogP contribution in [-0.4, -0.2) is 54.0 Å². The summed E-state index contributed by atoms with van der Waals surface area (Å²) in [5, 5.41) is 8.57. The third-order valence-electron chi connectivity index (χ3n) is 5.60. The number of carbonyl (C=O) groups excluding carboxylic acids is 3. The minimum Gasteiger partial charge on any atom is -0.322 e. The summed E-state index contributed by atoms with van der Waals surface area (Å²) < 4.78 is 14.0. The average Bonchev–Trinajstić information content (AvgIpc) is 2.98. The van der Waals surface area contributed by atoms with E-state index in [2.05, 4.69) is 16.0 Å². The molecule has 2 saturated heterocycles. The smallest absolute Gasteiger partial charge is 0.255 e. The lowest BCUT2D eigenvalue weighted by Crippen LogP contribution is -2.52. The monoisotopic (exact) mass is 374 g/mol. The van der Waals surface area contributed by atoms with Crippen LogP contribution >= 0.6 is 0 Å². The molecule has 0 bridgehead atoms. The molecule has 3 heterocycles. The average molecular weight is 374 g/mol. The molecule has 3 aliphatic heterocycles. The van der Waals surface area contributed by atoms with E-state index in [1.807, 2.05) is 18.2 Å². The van der Waals surface area contributed by atoms with Crippen molar-refractivity contribution in [2.45, 2.75) is 50.6 Å². The standard InChI is InChI=1S/C19H23FN4O3/c20-13-9-21-7-6-14(13)22-8-11-2-1-3-12-10-24(19(27)17(11)12)15-4-5-16(25)23-18(15)26/h1-3,13-15,21-22H,4-10H2,(H,23,25,26)/t13-,14-,15?/m1/s1. The maximum absolute atomic E-state index is 14.0. The summed E-state index contributed by atoms with van der Waals surface area (Å²) in [6, 6.07) is 4.77. The van der Waals surface area contributed by atoms with Crippen LogP contribution in [0.1, 0.15) is 40.7 Å². The van der Waals surface area contributed by atoms with E-state index in [-0.39, 0.29) is 24.3 Å². The molecule has 0 aliphatic carbocycles. The predicted molar refractivity (Wildman–Crippen MR) is 95.5 cm³/mol. The highest BCUT2D eigenvalue weighted by Crippen LogP contribution is 2.30. The van der Waals surface area contributed by atoms with Gasteiger partial charge >= 0.3 is 0 Å². The molecule has 3 amide bonds. The molecule has 7 nitrogen and oxygen atoms in total. The molecule has 4 rings (SSSR count). The van der Waals surface area contributed by atoms with Gasteiger partial charge in [-0.2, -0.15) is 0 Å². The Bertz CT molecular complexity index is 784. The molecule has 1 aromatic rings. The number of hydrogen-bond acceptors (Lipinski definition) is 5. The summed E-state index contributed by atoms with van der Waals surface area (Å²) in [4.78, 5) is 38.1. The van der Waals surface area contributed by atoms with E-state index < -0.39 is 18.1 Å². The van der Waals surface area contributed by atoms with Crippen LogP contribution in [-0.2, 0) is 22.7 Å². The van der Waals surface area contributed by atoms with Gasteiger partial charge in [0.15, 0.2) is 0 Å². The topological polar surface area (TPSA) is 90.5 Å². The molecule has 3 aliphatic rings. The van der Waals surface area contributed by atoms with Crippen molar-refractivity contribution in [3.63, 3.8) is 0 Å². The van der Waals surface area contributed by atoms with Gasteiger partial charge in [0.1, 0.15) is 12.2 Å². The summed E-state index contributed by atoms with van der Waals surface area (Å²) in [6.07, 6.45) is 0.327. The van der Waals surface area contributed by atoms with E-state index >= 15 is 0 Å². The number of benzene rings is 1. The van der Waals surface area contributed by atoms with Gasteiger partial charge in [0, 0.05) is 37.7 Å². The van der Waals surface area contributed by atoms with Crippen LogP contribution in [0.25, 0.3) is 0 Å². The zero-order chi connectivity index (χ0) is 19.0. The van der Waals surface area contributed by atoms with Crippen molar-refractivity contribution in [3.05, 3.63) is 34.9 Å². The number of imide groups is 1. The molecule has 27 heavy (non-hydrogen) atoms. The molecular formula is C19H23FN4O3. The number of rotatable bonds is 4. The first-order valence-corrected chi connectivity index (χ1v) is 9.38. The molecule has 0 radical (unpaired) electrons. The highest BCUT2D eigenvalue weighted by atomic mass is 19.1. The molecule has 0 spiro atoms. The van der Waals surface area contributed by atoms with Gasteiger partial charge in [-0.3, -0.25) is 19.7 Å². The predicted octanol–water partition coefficient (Wildman–Crippen LogP) is 0.237. The lowest BCUT2D eigenvalue weighted by Gasteiger charge is -2.29. The molecular weight excluding hydrogens is 351 g/mol. The Morgan fingerprint density at radius 3 is 2.85 bits per heavy atom. The first kappa shape index (κ1) is 18.1. The van der Waals surface area contributed by atoms with E-state index in [0.29, 0.717) is 38.0 Å². The Kier molecular flexibility index (Phi) is 4.92. The van der Waals surface area contributed by atoms with Crippen LogP contribution in [0.4, 0.5) is 4.39 Å². The van der Waals surface area contributed by atoms with Crippen molar-refractivity contribution in [1.82, 2.24) is 20.9 Å². The molecule has 0 saturated carbocycles. The van der Waals surface area contributed by atoms with Gasteiger partial charge < -0.3 is 15.5 Å². The molecule has 3 atom stereocenters. The van der Waals surface area contributed by atoms with E-state index in [1.165, 1.54) is 0 Å². The Morgan fingerprint density at radius 2 is 2.07 bits per heavy atom. The van der Waals surface area contributed by atoms with E-state index in [0.717, 1.165) is 17.7 Å². The number of amides is 3. The number of piperidine rings is 2. The lowest BCUT2D eigenvalue weighted by atomic mass is 10.0. The van der Waals surface area contributed by atoms with Gasteiger partial charge in [-0.15, -0.1) is 0 Å². The fraction of sp³-hybridized carbons (Fsp3) is 0.526. The fourth-order valence-corrected chi connectivity index (χ4v) is 4.13. The summed E-state index contributed by atoms with van der Waals surface area (Å²) in [6.45, 7) is 1.87. The summed E-state index contributed by atoms with van der Waals surface area (Å²) in [5.41, 5.74) is 2.28. The van der Waals surface area contributed by atoms with Gasteiger partial charge in [-0.1, -0.05) is 18.2 Å². The van der Waals surface area contributed by atoms with Crippen LogP contribution in [0, 0.1) is 0 Å². The van der Waals surface area contributed by atoms with Gasteiger partial charge in [0.2, 0.25) is 11.8 Å². The van der Waals surface area contributed by atoms with Crippen molar-refractivity contribution >= 4 is 17.7 Å². The van der Waals surface area contributed by atoms with Gasteiger partial charge in [-0.05, 0) is 30.5 Å². The van der Waals surface area contributed by atoms with E-state index in [9.17, 15) is 18.8 Å². The number of hydrogen-bond donors (Lipinski definition) is 3. The second kappa shape index (κ2) is 7.36. The SMILES string of the molecule is O=C1CCC(N2Cc3cccc(CN[C@@H]4CCNC[C@H]4F)c3C2=O)C(=O)N1. The normalized spacial score (nSPS) is 28.3. The van der Waals surface area contributed by atoms with Crippen LogP contribution in [0.3, 0.4) is 0 Å². The van der Waals surface area contributed by atoms with Crippen molar-refractivity contribution < 1.29 is 18.8 Å². The molecule has 8 heteroatoms. The zero-order valence-electron chi connectivity index (χ0n) is 15.0. The minimum atomic E-state index is -0.953. The number of alkyl halides is 1. The molecule has 0 aromatic heterocycles. The first-order valence-electron chi connectivity index (χ1n) is 9.38. The Labute approximate surface area is 156 Å². The molecule has 144 valence electrons. The van der Waals surface area contributed by atoms with Crippen LogP contribution < -0.4 is 16.0 Å². The molecule has 3 N–H and O–H groups in total. The maximum atomic E-state index is 14.0. The molecule has 1 aromatic carbocycles. The second-order valence-corrected chi connectivity index (χ2v) is 7.35. The second-order valence-electron chi connectivity index (χ2n) is 7.35. The maximum Gasteiger partial charge on any atom is 0.255 e. The van der Waals surface area contributed by atoms with Gasteiger partial charge in [0.25, 0.3) is 5.91 Å². The minimum absolute atomic E-state index is 0.195. The Morgan fingerprint density at radius 1 is 1.22 bits per heavy atom. The summed E-state index contributed by atoms with van der Waals surface area (Å²) in [7, 11) is 0. The number of fused-ring (bicyclic) bond motifs is 1. The van der Waals surface area contributed by atoms with Crippen LogP contribution in [0.15, 0.2) is 18.2 Å². The van der Waals surface area contributed by atoms with Crippen LogP contribution in [0.2, 0.25) is 0 Å². The Hall–Kier alpha value is -2.32. The number of nitrogens with zero attached hydrogens (tertiary/aromatic N) is 1. The number of halogens is 1. The number of nitrogens with one attached hydrogen (secondary N) is 3. The lowest BCUT2D eigenvalue weighted by molar-refractivity contribution is -0.136. The van der Waals surface area contributed by atoms with Gasteiger partial charge in [0.05, 0.1) is 0 Å². The van der Waals surface area contributed by atoms with Crippen molar-refractivity contribution in [3.8, 4) is 0 Å². The first-order chi connectivity index (χ1) is 13.0. The highest BCUT2D eigenvalue weighted by molar-refractivity contribution is 6.05. The fourth-order valence-electron chi connectivity index (χ4n) is 4.13. The highest BCUT2D eigenvalue weighted by Gasteiger charge is 2.40. The van der Waals surface area contributed by atoms with Crippen molar-refractivity contribution in [2.24, 2.45) is 0 Å².